The molecule has 142 valence electrons. The van der Waals surface area contributed by atoms with Gasteiger partial charge in [-0.25, -0.2) is 4.79 Å². The summed E-state index contributed by atoms with van der Waals surface area (Å²) < 4.78 is 15.9. The third kappa shape index (κ3) is 5.49. The van der Waals surface area contributed by atoms with Gasteiger partial charge in [0.1, 0.15) is 0 Å². The van der Waals surface area contributed by atoms with Crippen molar-refractivity contribution in [3.05, 3.63) is 64.7 Å². The molecule has 7 heteroatoms. The van der Waals surface area contributed by atoms with Crippen LogP contribution in [0.5, 0.6) is 11.5 Å². The van der Waals surface area contributed by atoms with Crippen LogP contribution in [-0.2, 0) is 14.3 Å². The van der Waals surface area contributed by atoms with E-state index >= 15 is 0 Å². The minimum Gasteiger partial charge on any atom is -0.491 e. The van der Waals surface area contributed by atoms with Crippen LogP contribution >= 0.6 is 11.6 Å². The minimum absolute atomic E-state index is 0.343. The van der Waals surface area contributed by atoms with Crippen molar-refractivity contribution >= 4 is 29.6 Å². The maximum absolute atomic E-state index is 12.1. The molecule has 0 fully saturated rings. The molecule has 0 aromatic heterocycles. The average molecular weight is 390 g/mol. The van der Waals surface area contributed by atoms with Crippen LogP contribution < -0.4 is 15.2 Å². The maximum atomic E-state index is 12.1. The molecule has 0 radical (unpaired) electrons. The Hall–Kier alpha value is -2.99. The number of hydrogen-bond acceptors (Lipinski definition) is 5. The van der Waals surface area contributed by atoms with Gasteiger partial charge in [0.25, 0.3) is 5.91 Å². The van der Waals surface area contributed by atoms with Gasteiger partial charge < -0.3 is 19.9 Å². The van der Waals surface area contributed by atoms with Crippen LogP contribution in [-0.4, -0.2) is 25.6 Å². The number of primary amides is 1. The zero-order chi connectivity index (χ0) is 19.8. The molecule has 0 saturated carbocycles. The van der Waals surface area contributed by atoms with Gasteiger partial charge in [-0.05, 0) is 30.7 Å². The highest BCUT2D eigenvalue weighted by atomic mass is 35.5. The van der Waals surface area contributed by atoms with Crippen molar-refractivity contribution in [1.82, 2.24) is 0 Å². The highest BCUT2D eigenvalue weighted by Gasteiger charge is 2.21. The van der Waals surface area contributed by atoms with Crippen LogP contribution in [0.1, 0.15) is 24.2 Å². The van der Waals surface area contributed by atoms with Crippen LogP contribution in [0.4, 0.5) is 0 Å². The number of nitrogens with two attached hydrogens (primary N) is 1. The van der Waals surface area contributed by atoms with E-state index in [-0.39, 0.29) is 0 Å². The van der Waals surface area contributed by atoms with Crippen molar-refractivity contribution in [2.24, 2.45) is 5.73 Å². The Morgan fingerprint density at radius 3 is 2.52 bits per heavy atom. The lowest BCUT2D eigenvalue weighted by atomic mass is 10.1. The Morgan fingerprint density at radius 2 is 1.93 bits per heavy atom. The summed E-state index contributed by atoms with van der Waals surface area (Å²) in [5, 5.41) is 0.343. The number of carbonyl (C=O) groups is 2. The molecule has 1 unspecified atom stereocenters. The molecule has 0 aliphatic carbocycles. The molecule has 1 amide bonds. The number of halogens is 1. The number of benzene rings is 2. The molecular formula is C20H20ClNO5. The minimum atomic E-state index is -1.17. The van der Waals surface area contributed by atoms with Gasteiger partial charge in [-0.3, -0.25) is 4.79 Å². The fourth-order valence-corrected chi connectivity index (χ4v) is 2.68. The number of carbonyl (C=O) groups excluding carboxylic acids is 2. The SMILES string of the molecule is CCOc1cc(/C=C/C(=O)OC(C(N)=O)c2ccccc2)cc(Cl)c1OC. The lowest BCUT2D eigenvalue weighted by molar-refractivity contribution is -0.150. The molecule has 0 aliphatic rings. The number of rotatable bonds is 8. The van der Waals surface area contributed by atoms with E-state index in [2.05, 4.69) is 0 Å². The van der Waals surface area contributed by atoms with Gasteiger partial charge in [-0.1, -0.05) is 41.9 Å². The summed E-state index contributed by atoms with van der Waals surface area (Å²) in [7, 11) is 1.49. The van der Waals surface area contributed by atoms with Gasteiger partial charge in [0.2, 0.25) is 6.10 Å². The van der Waals surface area contributed by atoms with Crippen molar-refractivity contribution in [3.8, 4) is 11.5 Å². The third-order valence-corrected chi connectivity index (χ3v) is 3.82. The summed E-state index contributed by atoms with van der Waals surface area (Å²) in [5.74, 6) is -0.599. The molecule has 2 rings (SSSR count). The van der Waals surface area contributed by atoms with E-state index in [1.54, 1.807) is 42.5 Å². The topological polar surface area (TPSA) is 87.9 Å². The highest BCUT2D eigenvalue weighted by Crippen LogP contribution is 2.36. The normalized spacial score (nSPS) is 11.8. The predicted octanol–water partition coefficient (Wildman–Crippen LogP) is 3.53. The van der Waals surface area contributed by atoms with Gasteiger partial charge >= 0.3 is 5.97 Å². The Kier molecular flexibility index (Phi) is 7.25. The van der Waals surface area contributed by atoms with Gasteiger partial charge in [-0.2, -0.15) is 0 Å². The Morgan fingerprint density at radius 1 is 1.22 bits per heavy atom. The van der Waals surface area contributed by atoms with E-state index in [4.69, 9.17) is 31.5 Å². The van der Waals surface area contributed by atoms with Crippen molar-refractivity contribution in [3.63, 3.8) is 0 Å². The van der Waals surface area contributed by atoms with Crippen molar-refractivity contribution in [2.45, 2.75) is 13.0 Å². The summed E-state index contributed by atoms with van der Waals surface area (Å²) >= 11 is 6.18. The van der Waals surface area contributed by atoms with E-state index in [1.807, 2.05) is 6.92 Å². The van der Waals surface area contributed by atoms with Gasteiger partial charge in [-0.15, -0.1) is 0 Å². The smallest absolute Gasteiger partial charge is 0.331 e. The molecule has 0 bridgehead atoms. The number of amides is 1. The summed E-state index contributed by atoms with van der Waals surface area (Å²) in [5.41, 5.74) is 6.45. The van der Waals surface area contributed by atoms with E-state index in [1.165, 1.54) is 19.3 Å². The molecule has 2 aromatic carbocycles. The average Bonchev–Trinajstić information content (AvgIpc) is 2.65. The predicted molar refractivity (Wildman–Crippen MR) is 103 cm³/mol. The molecule has 2 aromatic rings. The summed E-state index contributed by atoms with van der Waals surface area (Å²) in [6.45, 7) is 2.26. The van der Waals surface area contributed by atoms with E-state index in [9.17, 15) is 9.59 Å². The van der Waals surface area contributed by atoms with Gasteiger partial charge in [0.05, 0.1) is 18.7 Å². The summed E-state index contributed by atoms with van der Waals surface area (Å²) in [6.07, 6.45) is 1.52. The fourth-order valence-electron chi connectivity index (χ4n) is 2.38. The molecule has 1 atom stereocenters. The largest absolute Gasteiger partial charge is 0.491 e. The van der Waals surface area contributed by atoms with Crippen LogP contribution in [0.3, 0.4) is 0 Å². The first kappa shape index (κ1) is 20.3. The molecule has 0 spiro atoms. The first-order valence-electron chi connectivity index (χ1n) is 8.19. The second-order valence-corrected chi connectivity index (χ2v) is 5.84. The monoisotopic (exact) mass is 389 g/mol. The Balaban J connectivity index is 2.17. The van der Waals surface area contributed by atoms with Gasteiger partial charge in [0.15, 0.2) is 11.5 Å². The van der Waals surface area contributed by atoms with Gasteiger partial charge in [0, 0.05) is 11.6 Å². The molecular weight excluding hydrogens is 370 g/mol. The number of methoxy groups -OCH3 is 1. The first-order valence-corrected chi connectivity index (χ1v) is 8.57. The quantitative estimate of drug-likeness (QED) is 0.551. The highest BCUT2D eigenvalue weighted by molar-refractivity contribution is 6.32. The molecule has 6 nitrogen and oxygen atoms in total. The molecule has 0 saturated heterocycles. The second kappa shape index (κ2) is 9.64. The molecule has 2 N–H and O–H groups in total. The van der Waals surface area contributed by atoms with E-state index in [0.717, 1.165) is 0 Å². The number of ether oxygens (including phenoxy) is 3. The Labute approximate surface area is 162 Å². The van der Waals surface area contributed by atoms with E-state index < -0.39 is 18.0 Å². The van der Waals surface area contributed by atoms with Crippen LogP contribution in [0.25, 0.3) is 6.08 Å². The van der Waals surface area contributed by atoms with Crippen molar-refractivity contribution in [1.29, 1.82) is 0 Å². The van der Waals surface area contributed by atoms with Crippen LogP contribution in [0.15, 0.2) is 48.5 Å². The zero-order valence-corrected chi connectivity index (χ0v) is 15.7. The summed E-state index contributed by atoms with van der Waals surface area (Å²) in [6, 6.07) is 11.9. The lowest BCUT2D eigenvalue weighted by Crippen LogP contribution is -2.25. The lowest BCUT2D eigenvalue weighted by Gasteiger charge is -2.14. The van der Waals surface area contributed by atoms with Crippen LogP contribution in [0, 0.1) is 0 Å². The number of hydrogen-bond donors (Lipinski definition) is 1. The second-order valence-electron chi connectivity index (χ2n) is 5.43. The standard InChI is InChI=1S/C20H20ClNO5/c1-3-26-16-12-13(11-15(21)19(16)25-2)9-10-17(23)27-18(20(22)24)14-7-5-4-6-8-14/h4-12,18H,3H2,1-2H3,(H2,22,24)/b10-9+. The fraction of sp³-hybridized carbons (Fsp3) is 0.200. The van der Waals surface area contributed by atoms with Crippen LogP contribution in [0.2, 0.25) is 5.02 Å². The zero-order valence-electron chi connectivity index (χ0n) is 15.0. The first-order chi connectivity index (χ1) is 13.0. The molecule has 27 heavy (non-hydrogen) atoms. The van der Waals surface area contributed by atoms with E-state index in [0.29, 0.717) is 34.3 Å². The molecule has 0 heterocycles. The van der Waals surface area contributed by atoms with Crippen molar-refractivity contribution in [2.75, 3.05) is 13.7 Å². The molecule has 0 aliphatic heterocycles. The van der Waals surface area contributed by atoms with Crippen molar-refractivity contribution < 1.29 is 23.8 Å². The number of esters is 1. The summed E-state index contributed by atoms with van der Waals surface area (Å²) in [4.78, 5) is 23.7. The third-order valence-electron chi connectivity index (χ3n) is 3.54. The Bertz CT molecular complexity index is 836. The maximum Gasteiger partial charge on any atom is 0.331 e.